The Bertz CT molecular complexity index is 463. The molecule has 19 heavy (non-hydrogen) atoms. The molecule has 2 atom stereocenters. The second-order valence-corrected chi connectivity index (χ2v) is 4.91. The molecule has 5 heteroatoms. The number of hydrogen-bond acceptors (Lipinski definition) is 3. The highest BCUT2D eigenvalue weighted by Gasteiger charge is 2.24. The van der Waals surface area contributed by atoms with E-state index in [0.29, 0.717) is 22.3 Å². The smallest absolute Gasteiger partial charge is 0.329 e. The molecular weight excluding hydrogens is 285 g/mol. The monoisotopic (exact) mass is 301 g/mol. The van der Waals surface area contributed by atoms with Crippen molar-refractivity contribution in [3.63, 3.8) is 0 Å². The maximum absolute atomic E-state index is 11.9. The minimum Gasteiger partial charge on any atom is -0.464 e. The van der Waals surface area contributed by atoms with Crippen molar-refractivity contribution in [3.8, 4) is 0 Å². The van der Waals surface area contributed by atoms with Gasteiger partial charge in [0.15, 0.2) is 0 Å². The summed E-state index contributed by atoms with van der Waals surface area (Å²) in [6, 6.07) is 4.60. The Hall–Kier alpha value is -1.19. The van der Waals surface area contributed by atoms with Gasteiger partial charge in [0.05, 0.1) is 16.7 Å². The molecule has 0 aromatic heterocycles. The summed E-state index contributed by atoms with van der Waals surface area (Å²) in [7, 11) is 0. The molecule has 1 N–H and O–H groups in total. The van der Waals surface area contributed by atoms with E-state index in [1.807, 2.05) is 6.92 Å². The molecule has 0 amide bonds. The number of carbonyl (C=O) groups excluding carboxylic acids is 1. The summed E-state index contributed by atoms with van der Waals surface area (Å²) in [5.41, 5.74) is 0.709. The lowest BCUT2D eigenvalue weighted by molar-refractivity contribution is -0.144. The van der Waals surface area contributed by atoms with Gasteiger partial charge in [-0.2, -0.15) is 0 Å². The first-order valence-electron chi connectivity index (χ1n) is 6.00. The van der Waals surface area contributed by atoms with E-state index in [1.54, 1.807) is 31.2 Å². The van der Waals surface area contributed by atoms with E-state index in [2.05, 4.69) is 11.9 Å². The lowest BCUT2D eigenvalue weighted by Crippen LogP contribution is -2.36. The highest BCUT2D eigenvalue weighted by Crippen LogP contribution is 2.26. The van der Waals surface area contributed by atoms with Gasteiger partial charge in [-0.3, -0.25) is 0 Å². The Morgan fingerprint density at radius 1 is 1.47 bits per heavy atom. The first-order chi connectivity index (χ1) is 8.99. The van der Waals surface area contributed by atoms with Gasteiger partial charge < -0.3 is 10.1 Å². The van der Waals surface area contributed by atoms with Crippen molar-refractivity contribution in [1.82, 2.24) is 0 Å². The Morgan fingerprint density at radius 2 is 2.16 bits per heavy atom. The molecule has 0 unspecified atom stereocenters. The molecule has 0 aliphatic carbocycles. The quantitative estimate of drug-likeness (QED) is 0.633. The zero-order valence-corrected chi connectivity index (χ0v) is 12.5. The highest BCUT2D eigenvalue weighted by atomic mass is 35.5. The van der Waals surface area contributed by atoms with E-state index in [1.165, 1.54) is 0 Å². The second kappa shape index (κ2) is 7.41. The van der Waals surface area contributed by atoms with E-state index in [4.69, 9.17) is 27.9 Å². The minimum absolute atomic E-state index is 0.0755. The van der Waals surface area contributed by atoms with Crippen molar-refractivity contribution in [3.05, 3.63) is 40.9 Å². The van der Waals surface area contributed by atoms with E-state index < -0.39 is 6.04 Å². The summed E-state index contributed by atoms with van der Waals surface area (Å²) >= 11 is 11.8. The van der Waals surface area contributed by atoms with E-state index in [0.717, 1.165) is 0 Å². The minimum atomic E-state index is -0.505. The van der Waals surface area contributed by atoms with Crippen molar-refractivity contribution in [2.75, 3.05) is 11.9 Å². The molecule has 0 fully saturated rings. The van der Waals surface area contributed by atoms with Crippen molar-refractivity contribution in [2.24, 2.45) is 5.92 Å². The standard InChI is InChI=1S/C14H17Cl2NO2/c1-4-9(3)13(14(18)19-5-2)17-10-6-7-11(15)12(16)8-10/h4,6-9,13,17H,1,5H2,2-3H3/t9-,13+/m0/s1. The number of carbonyl (C=O) groups is 1. The molecule has 0 aliphatic rings. The number of halogens is 2. The van der Waals surface area contributed by atoms with Crippen LogP contribution in [0.2, 0.25) is 10.0 Å². The summed E-state index contributed by atoms with van der Waals surface area (Å²) in [6.07, 6.45) is 1.70. The molecule has 1 aromatic rings. The lowest BCUT2D eigenvalue weighted by Gasteiger charge is -2.22. The zero-order valence-electron chi connectivity index (χ0n) is 11.0. The molecule has 0 spiro atoms. The Balaban J connectivity index is 2.90. The van der Waals surface area contributed by atoms with Crippen LogP contribution in [0.25, 0.3) is 0 Å². The second-order valence-electron chi connectivity index (χ2n) is 4.10. The van der Waals surface area contributed by atoms with Gasteiger partial charge >= 0.3 is 5.97 Å². The van der Waals surface area contributed by atoms with Crippen LogP contribution in [0.1, 0.15) is 13.8 Å². The van der Waals surface area contributed by atoms with E-state index in [-0.39, 0.29) is 11.9 Å². The van der Waals surface area contributed by atoms with Crippen molar-refractivity contribution in [2.45, 2.75) is 19.9 Å². The maximum atomic E-state index is 11.9. The van der Waals surface area contributed by atoms with Crippen molar-refractivity contribution in [1.29, 1.82) is 0 Å². The summed E-state index contributed by atoms with van der Waals surface area (Å²) in [6.45, 7) is 7.70. The number of benzene rings is 1. The molecule has 0 radical (unpaired) electrons. The SMILES string of the molecule is C=C[C@H](C)[C@@H](Nc1ccc(Cl)c(Cl)c1)C(=O)OCC. The van der Waals surface area contributed by atoms with Gasteiger partial charge in [-0.05, 0) is 25.1 Å². The molecule has 3 nitrogen and oxygen atoms in total. The average Bonchev–Trinajstić information content (AvgIpc) is 2.39. The number of esters is 1. The first-order valence-corrected chi connectivity index (χ1v) is 6.76. The third-order valence-electron chi connectivity index (χ3n) is 2.68. The molecule has 1 rings (SSSR count). The molecule has 0 saturated heterocycles. The third kappa shape index (κ3) is 4.44. The molecule has 0 aliphatic heterocycles. The number of rotatable bonds is 6. The van der Waals surface area contributed by atoms with Crippen LogP contribution < -0.4 is 5.32 Å². The van der Waals surface area contributed by atoms with Gasteiger partial charge in [-0.1, -0.05) is 36.2 Å². The zero-order chi connectivity index (χ0) is 14.4. The predicted molar refractivity (Wildman–Crippen MR) is 79.9 cm³/mol. The predicted octanol–water partition coefficient (Wildman–Crippen LogP) is 4.16. The van der Waals surface area contributed by atoms with E-state index >= 15 is 0 Å². The third-order valence-corrected chi connectivity index (χ3v) is 3.42. The molecule has 1 aromatic carbocycles. The van der Waals surface area contributed by atoms with Gasteiger partial charge in [0.2, 0.25) is 0 Å². The van der Waals surface area contributed by atoms with Crippen LogP contribution >= 0.6 is 23.2 Å². The summed E-state index contributed by atoms with van der Waals surface area (Å²) in [5.74, 6) is -0.394. The molecule has 0 heterocycles. The summed E-state index contributed by atoms with van der Waals surface area (Å²) in [4.78, 5) is 11.9. The van der Waals surface area contributed by atoms with Gasteiger partial charge in [0, 0.05) is 11.6 Å². The van der Waals surface area contributed by atoms with Crippen LogP contribution in [0.5, 0.6) is 0 Å². The highest BCUT2D eigenvalue weighted by molar-refractivity contribution is 6.42. The number of ether oxygens (including phenoxy) is 1. The summed E-state index contributed by atoms with van der Waals surface area (Å²) < 4.78 is 5.04. The van der Waals surface area contributed by atoms with Crippen LogP contribution in [0.4, 0.5) is 5.69 Å². The Labute approximate surface area is 123 Å². The normalized spacial score (nSPS) is 13.5. The van der Waals surface area contributed by atoms with Crippen LogP contribution in [0.3, 0.4) is 0 Å². The number of hydrogen-bond donors (Lipinski definition) is 1. The van der Waals surface area contributed by atoms with Crippen molar-refractivity contribution < 1.29 is 9.53 Å². The molecule has 0 saturated carbocycles. The van der Waals surface area contributed by atoms with E-state index in [9.17, 15) is 4.79 Å². The fourth-order valence-electron chi connectivity index (χ4n) is 1.54. The van der Waals surface area contributed by atoms with Crippen LogP contribution in [-0.2, 0) is 9.53 Å². The van der Waals surface area contributed by atoms with Crippen LogP contribution in [0.15, 0.2) is 30.9 Å². The van der Waals surface area contributed by atoms with Gasteiger partial charge in [0.25, 0.3) is 0 Å². The van der Waals surface area contributed by atoms with Gasteiger partial charge in [0.1, 0.15) is 6.04 Å². The maximum Gasteiger partial charge on any atom is 0.329 e. The average molecular weight is 302 g/mol. The Kier molecular flexibility index (Phi) is 6.19. The van der Waals surface area contributed by atoms with Crippen LogP contribution in [-0.4, -0.2) is 18.6 Å². The molecular formula is C14H17Cl2NO2. The first kappa shape index (κ1) is 15.9. The number of anilines is 1. The fourth-order valence-corrected chi connectivity index (χ4v) is 1.84. The fraction of sp³-hybridized carbons (Fsp3) is 0.357. The van der Waals surface area contributed by atoms with Crippen molar-refractivity contribution >= 4 is 34.9 Å². The molecule has 104 valence electrons. The van der Waals surface area contributed by atoms with Gasteiger partial charge in [-0.15, -0.1) is 6.58 Å². The lowest BCUT2D eigenvalue weighted by atomic mass is 10.0. The van der Waals surface area contributed by atoms with Gasteiger partial charge in [-0.25, -0.2) is 4.79 Å². The number of nitrogens with one attached hydrogen (secondary N) is 1. The van der Waals surface area contributed by atoms with Crippen LogP contribution in [0, 0.1) is 5.92 Å². The Morgan fingerprint density at radius 3 is 2.68 bits per heavy atom. The topological polar surface area (TPSA) is 38.3 Å². The molecule has 0 bridgehead atoms. The summed E-state index contributed by atoms with van der Waals surface area (Å²) in [5, 5.41) is 3.99. The largest absolute Gasteiger partial charge is 0.464 e.